The number of quaternary nitrogens is 1. The summed E-state index contributed by atoms with van der Waals surface area (Å²) in [6.07, 6.45) is -0.445. The van der Waals surface area contributed by atoms with Crippen LogP contribution in [0.2, 0.25) is 0 Å². The molecule has 0 saturated heterocycles. The van der Waals surface area contributed by atoms with Gasteiger partial charge in [-0.2, -0.15) is 0 Å². The van der Waals surface area contributed by atoms with E-state index in [0.29, 0.717) is 6.54 Å². The van der Waals surface area contributed by atoms with Crippen molar-refractivity contribution >= 4 is 10.8 Å². The molecule has 0 saturated carbocycles. The first kappa shape index (κ1) is 9.19. The van der Waals surface area contributed by atoms with Crippen molar-refractivity contribution in [3.8, 4) is 0 Å². The second-order valence-electron chi connectivity index (χ2n) is 3.41. The summed E-state index contributed by atoms with van der Waals surface area (Å²) in [5, 5.41) is 12.0. The van der Waals surface area contributed by atoms with E-state index < -0.39 is 6.10 Å². The second-order valence-corrected chi connectivity index (χ2v) is 3.41. The molecule has 72 valence electrons. The Morgan fingerprint density at radius 3 is 2.50 bits per heavy atom. The van der Waals surface area contributed by atoms with E-state index >= 15 is 0 Å². The summed E-state index contributed by atoms with van der Waals surface area (Å²) < 4.78 is 0. The fourth-order valence-corrected chi connectivity index (χ4v) is 1.58. The maximum absolute atomic E-state index is 9.63. The van der Waals surface area contributed by atoms with Gasteiger partial charge in [-0.15, -0.1) is 0 Å². The zero-order valence-electron chi connectivity index (χ0n) is 7.98. The van der Waals surface area contributed by atoms with E-state index in [9.17, 15) is 5.11 Å². The van der Waals surface area contributed by atoms with Crippen LogP contribution < -0.4 is 5.73 Å². The lowest BCUT2D eigenvalue weighted by atomic mass is 10.0. The SMILES string of the molecule is [NH3+]C[C@@H](O)c1ccc2ccccc2c1. The lowest BCUT2D eigenvalue weighted by Gasteiger charge is -2.07. The Morgan fingerprint density at radius 1 is 1.07 bits per heavy atom. The van der Waals surface area contributed by atoms with E-state index in [0.717, 1.165) is 10.9 Å². The summed E-state index contributed by atoms with van der Waals surface area (Å²) in [6, 6.07) is 14.1. The van der Waals surface area contributed by atoms with Gasteiger partial charge in [0.1, 0.15) is 12.6 Å². The molecule has 0 aromatic heterocycles. The van der Waals surface area contributed by atoms with Gasteiger partial charge < -0.3 is 10.8 Å². The molecule has 0 heterocycles. The topological polar surface area (TPSA) is 47.9 Å². The summed E-state index contributed by atoms with van der Waals surface area (Å²) >= 11 is 0. The van der Waals surface area contributed by atoms with Crippen molar-refractivity contribution in [2.45, 2.75) is 6.10 Å². The Labute approximate surface area is 83.0 Å². The number of rotatable bonds is 2. The first-order chi connectivity index (χ1) is 6.81. The van der Waals surface area contributed by atoms with Gasteiger partial charge in [0.25, 0.3) is 0 Å². The molecule has 2 nitrogen and oxygen atoms in total. The summed E-state index contributed by atoms with van der Waals surface area (Å²) in [4.78, 5) is 0. The van der Waals surface area contributed by atoms with Gasteiger partial charge >= 0.3 is 0 Å². The predicted octanol–water partition coefficient (Wildman–Crippen LogP) is 1.12. The van der Waals surface area contributed by atoms with Crippen LogP contribution in [-0.2, 0) is 0 Å². The Kier molecular flexibility index (Phi) is 2.48. The van der Waals surface area contributed by atoms with E-state index in [4.69, 9.17) is 0 Å². The van der Waals surface area contributed by atoms with E-state index in [-0.39, 0.29) is 0 Å². The summed E-state index contributed by atoms with van der Waals surface area (Å²) in [5.74, 6) is 0. The van der Waals surface area contributed by atoms with Gasteiger partial charge in [0, 0.05) is 0 Å². The quantitative estimate of drug-likeness (QED) is 0.728. The van der Waals surface area contributed by atoms with Gasteiger partial charge in [-0.3, -0.25) is 0 Å². The normalized spacial score (nSPS) is 13.0. The van der Waals surface area contributed by atoms with E-state index in [2.05, 4.69) is 17.9 Å². The van der Waals surface area contributed by atoms with Gasteiger partial charge in [0.15, 0.2) is 0 Å². The van der Waals surface area contributed by atoms with Crippen molar-refractivity contribution < 1.29 is 10.8 Å². The molecule has 0 spiro atoms. The molecule has 2 aromatic carbocycles. The molecular formula is C12H14NO+. The number of hydrogen-bond donors (Lipinski definition) is 2. The number of aliphatic hydroxyl groups excluding tert-OH is 1. The Hall–Kier alpha value is -1.38. The Bertz CT molecular complexity index is 439. The third-order valence-corrected chi connectivity index (χ3v) is 2.43. The zero-order chi connectivity index (χ0) is 9.97. The standard InChI is InChI=1S/C12H13NO/c13-8-12(14)11-6-5-9-3-1-2-4-10(9)7-11/h1-7,12,14H,8,13H2/p+1/t12-/m1/s1. The van der Waals surface area contributed by atoms with Crippen LogP contribution in [0.15, 0.2) is 42.5 Å². The van der Waals surface area contributed by atoms with Crippen molar-refractivity contribution in [3.05, 3.63) is 48.0 Å². The maximum atomic E-state index is 9.63. The van der Waals surface area contributed by atoms with E-state index in [1.54, 1.807) is 0 Å². The van der Waals surface area contributed by atoms with Crippen LogP contribution >= 0.6 is 0 Å². The van der Waals surface area contributed by atoms with Crippen LogP contribution in [0.3, 0.4) is 0 Å². The van der Waals surface area contributed by atoms with Crippen LogP contribution in [0, 0.1) is 0 Å². The third kappa shape index (κ3) is 1.62. The predicted molar refractivity (Wildman–Crippen MR) is 56.7 cm³/mol. The largest absolute Gasteiger partial charge is 0.382 e. The van der Waals surface area contributed by atoms with Gasteiger partial charge in [-0.1, -0.05) is 36.4 Å². The molecule has 0 aliphatic rings. The first-order valence-electron chi connectivity index (χ1n) is 4.77. The first-order valence-corrected chi connectivity index (χ1v) is 4.77. The highest BCUT2D eigenvalue weighted by Gasteiger charge is 2.06. The summed E-state index contributed by atoms with van der Waals surface area (Å²) in [6.45, 7) is 0.512. The molecular weight excluding hydrogens is 174 g/mol. The maximum Gasteiger partial charge on any atom is 0.128 e. The number of aliphatic hydroxyl groups is 1. The molecule has 0 aliphatic heterocycles. The number of benzene rings is 2. The molecule has 2 heteroatoms. The average Bonchev–Trinajstić information content (AvgIpc) is 2.27. The van der Waals surface area contributed by atoms with E-state index in [1.165, 1.54) is 5.39 Å². The second kappa shape index (κ2) is 3.78. The fourth-order valence-electron chi connectivity index (χ4n) is 1.58. The minimum atomic E-state index is -0.445. The Morgan fingerprint density at radius 2 is 1.79 bits per heavy atom. The Balaban J connectivity index is 2.51. The van der Waals surface area contributed by atoms with Crippen LogP contribution in [0.1, 0.15) is 11.7 Å². The van der Waals surface area contributed by atoms with Crippen molar-refractivity contribution in [2.75, 3.05) is 6.54 Å². The molecule has 0 radical (unpaired) electrons. The molecule has 0 fully saturated rings. The monoisotopic (exact) mass is 188 g/mol. The highest BCUT2D eigenvalue weighted by Crippen LogP contribution is 2.19. The van der Waals surface area contributed by atoms with Crippen molar-refractivity contribution in [1.29, 1.82) is 0 Å². The van der Waals surface area contributed by atoms with Crippen LogP contribution in [0.25, 0.3) is 10.8 Å². The molecule has 4 N–H and O–H groups in total. The fraction of sp³-hybridized carbons (Fsp3) is 0.167. The van der Waals surface area contributed by atoms with Crippen LogP contribution in [0.5, 0.6) is 0 Å². The van der Waals surface area contributed by atoms with Gasteiger partial charge in [0.2, 0.25) is 0 Å². The summed E-state index contributed by atoms with van der Waals surface area (Å²) in [5.41, 5.74) is 4.64. The van der Waals surface area contributed by atoms with Crippen molar-refractivity contribution in [2.24, 2.45) is 0 Å². The molecule has 14 heavy (non-hydrogen) atoms. The summed E-state index contributed by atoms with van der Waals surface area (Å²) in [7, 11) is 0. The van der Waals surface area contributed by atoms with Crippen LogP contribution in [0.4, 0.5) is 0 Å². The average molecular weight is 188 g/mol. The lowest BCUT2D eigenvalue weighted by Crippen LogP contribution is -2.52. The number of hydrogen-bond acceptors (Lipinski definition) is 1. The molecule has 0 bridgehead atoms. The smallest absolute Gasteiger partial charge is 0.128 e. The molecule has 0 amide bonds. The van der Waals surface area contributed by atoms with Gasteiger partial charge in [0.05, 0.1) is 0 Å². The van der Waals surface area contributed by atoms with Crippen LogP contribution in [-0.4, -0.2) is 11.7 Å². The number of fused-ring (bicyclic) bond motifs is 1. The third-order valence-electron chi connectivity index (χ3n) is 2.43. The van der Waals surface area contributed by atoms with Gasteiger partial charge in [-0.25, -0.2) is 0 Å². The molecule has 2 aromatic rings. The zero-order valence-corrected chi connectivity index (χ0v) is 7.98. The van der Waals surface area contributed by atoms with Gasteiger partial charge in [-0.05, 0) is 22.4 Å². The lowest BCUT2D eigenvalue weighted by molar-refractivity contribution is -0.385. The molecule has 0 unspecified atom stereocenters. The molecule has 2 rings (SSSR count). The minimum absolute atomic E-state index is 0.445. The van der Waals surface area contributed by atoms with Crippen molar-refractivity contribution in [1.82, 2.24) is 0 Å². The highest BCUT2D eigenvalue weighted by molar-refractivity contribution is 5.83. The minimum Gasteiger partial charge on any atom is -0.382 e. The molecule has 1 atom stereocenters. The molecule has 0 aliphatic carbocycles. The van der Waals surface area contributed by atoms with Crippen molar-refractivity contribution in [3.63, 3.8) is 0 Å². The van der Waals surface area contributed by atoms with E-state index in [1.807, 2.05) is 30.3 Å². The highest BCUT2D eigenvalue weighted by atomic mass is 16.3.